The molecule has 0 fully saturated rings. The SMILES string of the molecule is Cc1cc(C)nc(-n2ncc(C#N)c2NC(=O)C=Cc2ccccc2C)n1. The van der Waals surface area contributed by atoms with E-state index in [-0.39, 0.29) is 17.3 Å². The van der Waals surface area contributed by atoms with Gasteiger partial charge in [-0.2, -0.15) is 15.0 Å². The molecule has 0 radical (unpaired) electrons. The molecule has 3 aromatic rings. The molecule has 1 amide bonds. The van der Waals surface area contributed by atoms with Crippen molar-refractivity contribution < 1.29 is 4.79 Å². The number of aromatic nitrogens is 4. The Kier molecular flexibility index (Phi) is 5.08. The first-order valence-electron chi connectivity index (χ1n) is 8.33. The zero-order chi connectivity index (χ0) is 19.4. The average molecular weight is 358 g/mol. The van der Waals surface area contributed by atoms with Gasteiger partial charge in [0.1, 0.15) is 11.6 Å². The van der Waals surface area contributed by atoms with E-state index in [4.69, 9.17) is 0 Å². The number of aryl methyl sites for hydroxylation is 3. The Bertz CT molecular complexity index is 1050. The topological polar surface area (TPSA) is 96.5 Å². The van der Waals surface area contributed by atoms with E-state index in [9.17, 15) is 10.1 Å². The van der Waals surface area contributed by atoms with E-state index in [0.717, 1.165) is 22.5 Å². The summed E-state index contributed by atoms with van der Waals surface area (Å²) in [6, 6.07) is 11.6. The van der Waals surface area contributed by atoms with Crippen LogP contribution in [0.5, 0.6) is 0 Å². The Morgan fingerprint density at radius 3 is 2.56 bits per heavy atom. The maximum Gasteiger partial charge on any atom is 0.252 e. The summed E-state index contributed by atoms with van der Waals surface area (Å²) in [6.07, 6.45) is 4.52. The van der Waals surface area contributed by atoms with Crippen molar-refractivity contribution in [2.24, 2.45) is 0 Å². The van der Waals surface area contributed by atoms with Gasteiger partial charge in [0.25, 0.3) is 5.95 Å². The van der Waals surface area contributed by atoms with Gasteiger partial charge in [-0.15, -0.1) is 0 Å². The molecule has 0 aliphatic rings. The minimum Gasteiger partial charge on any atom is -0.306 e. The van der Waals surface area contributed by atoms with Gasteiger partial charge in [-0.05, 0) is 44.0 Å². The molecule has 0 saturated carbocycles. The number of carbonyl (C=O) groups excluding carboxylic acids is 1. The largest absolute Gasteiger partial charge is 0.306 e. The number of carbonyl (C=O) groups is 1. The van der Waals surface area contributed by atoms with Gasteiger partial charge >= 0.3 is 0 Å². The molecule has 134 valence electrons. The lowest BCUT2D eigenvalue weighted by atomic mass is 10.1. The number of benzene rings is 1. The standard InChI is InChI=1S/C20H18N6O/c1-13-6-4-5-7-16(13)8-9-18(27)25-19-17(11-21)12-22-26(19)20-23-14(2)10-15(3)24-20/h4-10,12H,1-3H3,(H,25,27). The van der Waals surface area contributed by atoms with Gasteiger partial charge in [-0.3, -0.25) is 4.79 Å². The maximum absolute atomic E-state index is 12.4. The Morgan fingerprint density at radius 2 is 1.89 bits per heavy atom. The normalized spacial score (nSPS) is 10.7. The van der Waals surface area contributed by atoms with E-state index in [1.54, 1.807) is 6.08 Å². The minimum atomic E-state index is -0.374. The van der Waals surface area contributed by atoms with E-state index in [2.05, 4.69) is 20.4 Å². The molecule has 2 aromatic heterocycles. The summed E-state index contributed by atoms with van der Waals surface area (Å²) in [7, 11) is 0. The van der Waals surface area contributed by atoms with Crippen molar-refractivity contribution in [3.8, 4) is 12.0 Å². The van der Waals surface area contributed by atoms with Gasteiger partial charge in [-0.1, -0.05) is 24.3 Å². The van der Waals surface area contributed by atoms with Crippen LogP contribution in [0.25, 0.3) is 12.0 Å². The lowest BCUT2D eigenvalue weighted by molar-refractivity contribution is -0.111. The molecule has 3 rings (SSSR count). The molecular weight excluding hydrogens is 340 g/mol. The van der Waals surface area contributed by atoms with E-state index < -0.39 is 0 Å². The van der Waals surface area contributed by atoms with Crippen LogP contribution in [0.1, 0.15) is 28.1 Å². The third-order valence-corrected chi connectivity index (χ3v) is 3.89. The third kappa shape index (κ3) is 4.07. The van der Waals surface area contributed by atoms with Crippen LogP contribution in [-0.4, -0.2) is 25.7 Å². The van der Waals surface area contributed by atoms with Crippen LogP contribution in [0.3, 0.4) is 0 Å². The van der Waals surface area contributed by atoms with Crippen molar-refractivity contribution >= 4 is 17.8 Å². The molecule has 0 bridgehead atoms. The fourth-order valence-corrected chi connectivity index (χ4v) is 2.60. The minimum absolute atomic E-state index is 0.232. The number of nitriles is 1. The monoisotopic (exact) mass is 358 g/mol. The van der Waals surface area contributed by atoms with Gasteiger partial charge in [-0.25, -0.2) is 9.97 Å². The summed E-state index contributed by atoms with van der Waals surface area (Å²) >= 11 is 0. The second kappa shape index (κ2) is 7.62. The lowest BCUT2D eigenvalue weighted by Crippen LogP contribution is -2.15. The van der Waals surface area contributed by atoms with Gasteiger partial charge in [0, 0.05) is 17.5 Å². The number of amides is 1. The van der Waals surface area contributed by atoms with E-state index in [1.807, 2.05) is 57.2 Å². The fourth-order valence-electron chi connectivity index (χ4n) is 2.60. The molecule has 7 nitrogen and oxygen atoms in total. The molecular formula is C20H18N6O. The van der Waals surface area contributed by atoms with Crippen LogP contribution in [0, 0.1) is 32.1 Å². The molecule has 27 heavy (non-hydrogen) atoms. The van der Waals surface area contributed by atoms with Crippen LogP contribution in [0.2, 0.25) is 0 Å². The van der Waals surface area contributed by atoms with Crippen molar-refractivity contribution in [1.29, 1.82) is 5.26 Å². The first-order chi connectivity index (χ1) is 13.0. The molecule has 1 aromatic carbocycles. The Labute approximate surface area is 157 Å². The van der Waals surface area contributed by atoms with Crippen LogP contribution in [-0.2, 0) is 4.79 Å². The summed E-state index contributed by atoms with van der Waals surface area (Å²) < 4.78 is 1.36. The lowest BCUT2D eigenvalue weighted by Gasteiger charge is -2.08. The van der Waals surface area contributed by atoms with Crippen molar-refractivity contribution in [2.45, 2.75) is 20.8 Å². The number of nitrogens with one attached hydrogen (secondary N) is 1. The van der Waals surface area contributed by atoms with Crippen molar-refractivity contribution in [1.82, 2.24) is 19.7 Å². The molecule has 0 spiro atoms. The quantitative estimate of drug-likeness (QED) is 0.723. The highest BCUT2D eigenvalue weighted by Crippen LogP contribution is 2.18. The summed E-state index contributed by atoms with van der Waals surface area (Å²) in [6.45, 7) is 5.66. The zero-order valence-electron chi connectivity index (χ0n) is 15.3. The summed E-state index contributed by atoms with van der Waals surface area (Å²) in [5.41, 5.74) is 3.77. The smallest absolute Gasteiger partial charge is 0.252 e. The highest BCUT2D eigenvalue weighted by Gasteiger charge is 2.16. The summed E-state index contributed by atoms with van der Waals surface area (Å²) in [4.78, 5) is 21.1. The Hall–Kier alpha value is -3.79. The summed E-state index contributed by atoms with van der Waals surface area (Å²) in [5, 5.41) is 16.2. The fraction of sp³-hybridized carbons (Fsp3) is 0.150. The predicted molar refractivity (Wildman–Crippen MR) is 102 cm³/mol. The van der Waals surface area contributed by atoms with Crippen LogP contribution < -0.4 is 5.32 Å². The molecule has 1 N–H and O–H groups in total. The van der Waals surface area contributed by atoms with Gasteiger partial charge in [0.05, 0.1) is 6.20 Å². The first-order valence-corrected chi connectivity index (χ1v) is 8.33. The highest BCUT2D eigenvalue weighted by atomic mass is 16.1. The van der Waals surface area contributed by atoms with E-state index in [1.165, 1.54) is 17.0 Å². The first kappa shape index (κ1) is 18.0. The number of anilines is 1. The Balaban J connectivity index is 1.90. The number of nitrogens with zero attached hydrogens (tertiary/aromatic N) is 5. The van der Waals surface area contributed by atoms with Crippen LogP contribution >= 0.6 is 0 Å². The van der Waals surface area contributed by atoms with Crippen LogP contribution in [0.15, 0.2) is 42.6 Å². The number of hydrogen-bond acceptors (Lipinski definition) is 5. The second-order valence-corrected chi connectivity index (χ2v) is 6.06. The van der Waals surface area contributed by atoms with E-state index in [0.29, 0.717) is 5.95 Å². The van der Waals surface area contributed by atoms with Gasteiger partial charge in [0.15, 0.2) is 5.82 Å². The van der Waals surface area contributed by atoms with Crippen molar-refractivity contribution in [3.63, 3.8) is 0 Å². The molecule has 0 atom stereocenters. The maximum atomic E-state index is 12.4. The second-order valence-electron chi connectivity index (χ2n) is 6.06. The molecule has 0 aliphatic heterocycles. The summed E-state index contributed by atoms with van der Waals surface area (Å²) in [5.74, 6) is 0.162. The van der Waals surface area contributed by atoms with Gasteiger partial charge < -0.3 is 5.32 Å². The number of rotatable bonds is 4. The zero-order valence-corrected chi connectivity index (χ0v) is 15.3. The van der Waals surface area contributed by atoms with Gasteiger partial charge in [0.2, 0.25) is 5.91 Å². The molecule has 7 heteroatoms. The Morgan fingerprint density at radius 1 is 1.19 bits per heavy atom. The third-order valence-electron chi connectivity index (χ3n) is 3.89. The molecule has 2 heterocycles. The molecule has 0 aliphatic carbocycles. The highest BCUT2D eigenvalue weighted by molar-refractivity contribution is 6.02. The van der Waals surface area contributed by atoms with Crippen molar-refractivity contribution in [2.75, 3.05) is 5.32 Å². The van der Waals surface area contributed by atoms with E-state index >= 15 is 0 Å². The predicted octanol–water partition coefficient (Wildman–Crippen LogP) is 3.11. The average Bonchev–Trinajstić information content (AvgIpc) is 3.03. The van der Waals surface area contributed by atoms with Crippen molar-refractivity contribution in [3.05, 3.63) is 70.7 Å². The molecule has 0 saturated heterocycles. The number of hydrogen-bond donors (Lipinski definition) is 1. The van der Waals surface area contributed by atoms with Crippen LogP contribution in [0.4, 0.5) is 5.82 Å². The molecule has 0 unspecified atom stereocenters.